The fourth-order valence-corrected chi connectivity index (χ4v) is 2.22. The number of carbonyl (C=O) groups excluding carboxylic acids is 2. The number of nitrogens with two attached hydrogens (primary N) is 2. The van der Waals surface area contributed by atoms with Crippen molar-refractivity contribution < 1.29 is 9.59 Å². The lowest BCUT2D eigenvalue weighted by Gasteiger charge is -2.25. The molecule has 0 spiro atoms. The average Bonchev–Trinajstić information content (AvgIpc) is 2.27. The van der Waals surface area contributed by atoms with Crippen LogP contribution in [0.25, 0.3) is 0 Å². The second kappa shape index (κ2) is 7.27. The SMILES string of the molecule is NC(=O)CCCNC(=O)CC1CCC(N)CC1. The van der Waals surface area contributed by atoms with Crippen LogP contribution in [-0.4, -0.2) is 24.4 Å². The standard InChI is InChI=1S/C12H23N3O2/c13-10-5-3-9(4-6-10)8-12(17)15-7-1-2-11(14)16/h9-10H,1-8,13H2,(H2,14,16)(H,15,17). The molecule has 0 saturated heterocycles. The Morgan fingerprint density at radius 2 is 1.82 bits per heavy atom. The highest BCUT2D eigenvalue weighted by Crippen LogP contribution is 2.25. The third kappa shape index (κ3) is 6.26. The summed E-state index contributed by atoms with van der Waals surface area (Å²) in [5, 5.41) is 2.82. The second-order valence-electron chi connectivity index (χ2n) is 4.90. The number of amides is 2. The maximum atomic E-state index is 11.6. The van der Waals surface area contributed by atoms with Gasteiger partial charge in [0, 0.05) is 25.4 Å². The highest BCUT2D eigenvalue weighted by atomic mass is 16.2. The van der Waals surface area contributed by atoms with E-state index >= 15 is 0 Å². The fourth-order valence-electron chi connectivity index (χ4n) is 2.22. The molecule has 1 aliphatic rings. The van der Waals surface area contributed by atoms with E-state index in [4.69, 9.17) is 11.5 Å². The normalized spacial score (nSPS) is 24.3. The number of hydrogen-bond acceptors (Lipinski definition) is 3. The minimum absolute atomic E-state index is 0.0786. The molecule has 17 heavy (non-hydrogen) atoms. The van der Waals surface area contributed by atoms with Crippen LogP contribution in [0.2, 0.25) is 0 Å². The van der Waals surface area contributed by atoms with E-state index in [0.29, 0.717) is 37.8 Å². The zero-order chi connectivity index (χ0) is 12.7. The molecule has 2 amide bonds. The minimum Gasteiger partial charge on any atom is -0.370 e. The topological polar surface area (TPSA) is 98.2 Å². The maximum Gasteiger partial charge on any atom is 0.220 e. The molecule has 0 aromatic heterocycles. The van der Waals surface area contributed by atoms with E-state index in [-0.39, 0.29) is 11.8 Å². The van der Waals surface area contributed by atoms with Crippen LogP contribution in [0.4, 0.5) is 0 Å². The summed E-state index contributed by atoms with van der Waals surface area (Å²) < 4.78 is 0. The van der Waals surface area contributed by atoms with Gasteiger partial charge in [-0.25, -0.2) is 0 Å². The van der Waals surface area contributed by atoms with E-state index in [1.807, 2.05) is 0 Å². The maximum absolute atomic E-state index is 11.6. The molecular weight excluding hydrogens is 218 g/mol. The molecule has 0 atom stereocenters. The predicted octanol–water partition coefficient (Wildman–Crippen LogP) is 0.276. The lowest BCUT2D eigenvalue weighted by molar-refractivity contribution is -0.122. The molecule has 0 aromatic carbocycles. The first-order valence-corrected chi connectivity index (χ1v) is 6.38. The molecule has 98 valence electrons. The molecule has 0 bridgehead atoms. The molecular formula is C12H23N3O2. The van der Waals surface area contributed by atoms with Gasteiger partial charge in [-0.2, -0.15) is 0 Å². The summed E-state index contributed by atoms with van der Waals surface area (Å²) in [5.74, 6) is 0.237. The predicted molar refractivity (Wildman–Crippen MR) is 66.0 cm³/mol. The zero-order valence-electron chi connectivity index (χ0n) is 10.3. The molecule has 1 aliphatic carbocycles. The van der Waals surface area contributed by atoms with Crippen molar-refractivity contribution in [3.8, 4) is 0 Å². The molecule has 0 radical (unpaired) electrons. The van der Waals surface area contributed by atoms with Gasteiger partial charge in [0.15, 0.2) is 0 Å². The van der Waals surface area contributed by atoms with E-state index in [0.717, 1.165) is 25.7 Å². The van der Waals surface area contributed by atoms with Crippen LogP contribution in [0.3, 0.4) is 0 Å². The Morgan fingerprint density at radius 1 is 1.18 bits per heavy atom. The molecule has 5 N–H and O–H groups in total. The van der Waals surface area contributed by atoms with Crippen LogP contribution in [0, 0.1) is 5.92 Å². The first kappa shape index (κ1) is 14.0. The molecule has 5 heteroatoms. The van der Waals surface area contributed by atoms with E-state index in [1.54, 1.807) is 0 Å². The summed E-state index contributed by atoms with van der Waals surface area (Å²) in [7, 11) is 0. The fraction of sp³-hybridized carbons (Fsp3) is 0.833. The first-order chi connectivity index (χ1) is 8.08. The van der Waals surface area contributed by atoms with E-state index in [1.165, 1.54) is 0 Å². The monoisotopic (exact) mass is 241 g/mol. The molecule has 0 aromatic rings. The quantitative estimate of drug-likeness (QED) is 0.582. The number of rotatable bonds is 6. The molecule has 1 fully saturated rings. The largest absolute Gasteiger partial charge is 0.370 e. The number of hydrogen-bond donors (Lipinski definition) is 3. The Labute approximate surface area is 102 Å². The summed E-state index contributed by atoms with van der Waals surface area (Å²) in [6.45, 7) is 0.536. The van der Waals surface area contributed by atoms with Crippen molar-refractivity contribution in [3.05, 3.63) is 0 Å². The highest BCUT2D eigenvalue weighted by Gasteiger charge is 2.20. The Balaban J connectivity index is 2.06. The third-order valence-electron chi connectivity index (χ3n) is 3.29. The highest BCUT2D eigenvalue weighted by molar-refractivity contribution is 5.76. The van der Waals surface area contributed by atoms with E-state index in [2.05, 4.69) is 5.32 Å². The third-order valence-corrected chi connectivity index (χ3v) is 3.29. The summed E-state index contributed by atoms with van der Waals surface area (Å²) in [5.41, 5.74) is 10.8. The molecule has 0 unspecified atom stereocenters. The lowest BCUT2D eigenvalue weighted by atomic mass is 9.84. The second-order valence-corrected chi connectivity index (χ2v) is 4.90. The van der Waals surface area contributed by atoms with Crippen LogP contribution in [-0.2, 0) is 9.59 Å². The van der Waals surface area contributed by atoms with Crippen LogP contribution >= 0.6 is 0 Å². The van der Waals surface area contributed by atoms with Gasteiger partial charge in [-0.05, 0) is 38.0 Å². The Hall–Kier alpha value is -1.10. The molecule has 1 saturated carbocycles. The molecule has 1 rings (SSSR count). The zero-order valence-corrected chi connectivity index (χ0v) is 10.3. The van der Waals surface area contributed by atoms with Gasteiger partial charge in [0.2, 0.25) is 11.8 Å². The van der Waals surface area contributed by atoms with Gasteiger partial charge >= 0.3 is 0 Å². The summed E-state index contributed by atoms with van der Waals surface area (Å²) >= 11 is 0. The Kier molecular flexibility index (Phi) is 5.97. The van der Waals surface area contributed by atoms with Crippen molar-refractivity contribution in [1.82, 2.24) is 5.32 Å². The van der Waals surface area contributed by atoms with Crippen LogP contribution in [0.1, 0.15) is 44.9 Å². The summed E-state index contributed by atoms with van der Waals surface area (Å²) in [6.07, 6.45) is 5.70. The van der Waals surface area contributed by atoms with Gasteiger partial charge in [-0.15, -0.1) is 0 Å². The van der Waals surface area contributed by atoms with Crippen LogP contribution in [0.5, 0.6) is 0 Å². The van der Waals surface area contributed by atoms with Crippen molar-refractivity contribution in [2.75, 3.05) is 6.54 Å². The molecule has 0 heterocycles. The molecule has 5 nitrogen and oxygen atoms in total. The summed E-state index contributed by atoms with van der Waals surface area (Å²) in [6, 6.07) is 0.324. The van der Waals surface area contributed by atoms with E-state index < -0.39 is 0 Å². The number of primary amides is 1. The van der Waals surface area contributed by atoms with Crippen molar-refractivity contribution in [1.29, 1.82) is 0 Å². The van der Waals surface area contributed by atoms with Crippen molar-refractivity contribution in [2.24, 2.45) is 17.4 Å². The van der Waals surface area contributed by atoms with E-state index in [9.17, 15) is 9.59 Å². The molecule has 0 aliphatic heterocycles. The smallest absolute Gasteiger partial charge is 0.220 e. The van der Waals surface area contributed by atoms with Crippen molar-refractivity contribution >= 4 is 11.8 Å². The van der Waals surface area contributed by atoms with Crippen LogP contribution < -0.4 is 16.8 Å². The van der Waals surface area contributed by atoms with Crippen molar-refractivity contribution in [3.63, 3.8) is 0 Å². The Bertz CT molecular complexity index is 260. The Morgan fingerprint density at radius 3 is 2.41 bits per heavy atom. The van der Waals surface area contributed by atoms with Gasteiger partial charge in [-0.1, -0.05) is 0 Å². The number of carbonyl (C=O) groups is 2. The first-order valence-electron chi connectivity index (χ1n) is 6.38. The lowest BCUT2D eigenvalue weighted by Crippen LogP contribution is -2.31. The van der Waals surface area contributed by atoms with Gasteiger partial charge < -0.3 is 16.8 Å². The van der Waals surface area contributed by atoms with Gasteiger partial charge in [0.1, 0.15) is 0 Å². The van der Waals surface area contributed by atoms with Gasteiger partial charge in [-0.3, -0.25) is 9.59 Å². The average molecular weight is 241 g/mol. The van der Waals surface area contributed by atoms with Gasteiger partial charge in [0.05, 0.1) is 0 Å². The van der Waals surface area contributed by atoms with Crippen molar-refractivity contribution in [2.45, 2.75) is 51.0 Å². The van der Waals surface area contributed by atoms with Gasteiger partial charge in [0.25, 0.3) is 0 Å². The number of nitrogens with one attached hydrogen (secondary N) is 1. The van der Waals surface area contributed by atoms with Crippen LogP contribution in [0.15, 0.2) is 0 Å². The summed E-state index contributed by atoms with van der Waals surface area (Å²) in [4.78, 5) is 22.1. The minimum atomic E-state index is -0.319.